The number of hydrogen-bond acceptors (Lipinski definition) is 9. The van der Waals surface area contributed by atoms with Crippen LogP contribution >= 0.6 is 0 Å². The number of rotatable bonds is 11. The quantitative estimate of drug-likeness (QED) is 0.123. The molecule has 0 aliphatic rings. The zero-order valence-corrected chi connectivity index (χ0v) is 13.7. The van der Waals surface area contributed by atoms with Crippen LogP contribution in [-0.4, -0.2) is 85.4 Å². The number of aliphatic hydroxyl groups is 9. The molecule has 0 unspecified atom stereocenters. The van der Waals surface area contributed by atoms with Crippen LogP contribution in [0, 0.1) is 0 Å². The molecule has 0 aromatic heterocycles. The summed E-state index contributed by atoms with van der Waals surface area (Å²) in [6, 6.07) is 0. The molecule has 0 heterocycles. The molecular weight excluding hydrogens is 326 g/mol. The van der Waals surface area contributed by atoms with Gasteiger partial charge in [0.2, 0.25) is 5.76 Å². The number of hydrogen-bond donors (Lipinski definition) is 8. The van der Waals surface area contributed by atoms with Gasteiger partial charge in [-0.15, -0.1) is 0 Å². The van der Waals surface area contributed by atoms with Crippen molar-refractivity contribution < 1.29 is 45.2 Å². The predicted octanol–water partition coefficient (Wildman–Crippen LogP) is -1.58. The molecule has 0 fully saturated rings. The summed E-state index contributed by atoms with van der Waals surface area (Å²) in [5, 5.41) is 66.2. The van der Waals surface area contributed by atoms with E-state index >= 15 is 0 Å². The van der Waals surface area contributed by atoms with Crippen molar-refractivity contribution in [2.75, 3.05) is 20.3 Å². The van der Waals surface area contributed by atoms with Crippen LogP contribution in [0.3, 0.4) is 0 Å². The van der Waals surface area contributed by atoms with Crippen LogP contribution in [0.2, 0.25) is 0 Å². The van der Waals surface area contributed by atoms with E-state index in [1.54, 1.807) is 0 Å². The standard InChI is InChI=1S/C14H27NO9/c1-7(17)10(15)11(20)9(19)4-6-24-14(23-2)13(22)12(21)8(18)3-5-16/h7-9,14,16-22H,3-6,15H2,1-2H3/p+1/b11-10-,13-12-/t7-,8+,9-,14-/m1/s1. The van der Waals surface area contributed by atoms with E-state index < -0.39 is 48.5 Å². The van der Waals surface area contributed by atoms with E-state index in [0.29, 0.717) is 0 Å². The smallest absolute Gasteiger partial charge is 0.328 e. The highest BCUT2D eigenvalue weighted by Gasteiger charge is 2.27. The van der Waals surface area contributed by atoms with Gasteiger partial charge in [0.05, 0.1) is 18.4 Å². The molecule has 10 heteroatoms. The lowest BCUT2D eigenvalue weighted by Gasteiger charge is -2.17. The fourth-order valence-corrected chi connectivity index (χ4v) is 1.67. The van der Waals surface area contributed by atoms with Gasteiger partial charge in [-0.2, -0.15) is 0 Å². The Balaban J connectivity index is 4.71. The lowest BCUT2D eigenvalue weighted by molar-refractivity contribution is -0.212. The van der Waals surface area contributed by atoms with Crippen LogP contribution in [0.5, 0.6) is 0 Å². The highest BCUT2D eigenvalue weighted by Crippen LogP contribution is 2.14. The van der Waals surface area contributed by atoms with Gasteiger partial charge in [0.1, 0.15) is 25.1 Å². The SMILES string of the molecule is C[OH+][C@H](OCC[C@@H](O)/C(O)=C(/N)[C@@H](C)O)/C(O)=C(/O)[C@@H](O)CCO. The summed E-state index contributed by atoms with van der Waals surface area (Å²) in [5.41, 5.74) is 5.13. The summed E-state index contributed by atoms with van der Waals surface area (Å²) < 4.78 is 8.83. The minimum Gasteiger partial charge on any atom is -0.508 e. The van der Waals surface area contributed by atoms with Gasteiger partial charge < -0.3 is 51.0 Å². The van der Waals surface area contributed by atoms with E-state index in [9.17, 15) is 30.6 Å². The van der Waals surface area contributed by atoms with E-state index in [2.05, 4.69) is 4.74 Å². The molecule has 10 N–H and O–H groups in total. The average molecular weight is 354 g/mol. The normalized spacial score (nSPS) is 19.1. The van der Waals surface area contributed by atoms with Gasteiger partial charge >= 0.3 is 6.29 Å². The number of nitrogens with two attached hydrogens (primary N) is 1. The molecule has 0 aromatic carbocycles. The molecule has 0 saturated carbocycles. The molecule has 24 heavy (non-hydrogen) atoms. The van der Waals surface area contributed by atoms with Crippen molar-refractivity contribution in [3.8, 4) is 0 Å². The molecule has 0 aliphatic heterocycles. The maximum Gasteiger partial charge on any atom is 0.328 e. The zero-order valence-electron chi connectivity index (χ0n) is 13.7. The molecule has 0 aliphatic carbocycles. The third-order valence-electron chi connectivity index (χ3n) is 3.18. The van der Waals surface area contributed by atoms with Crippen molar-refractivity contribution in [3.05, 3.63) is 23.0 Å². The minimum atomic E-state index is -1.47. The summed E-state index contributed by atoms with van der Waals surface area (Å²) in [4.78, 5) is 0. The number of ether oxygens (including phenoxy) is 2. The third kappa shape index (κ3) is 6.91. The summed E-state index contributed by atoms with van der Waals surface area (Å²) >= 11 is 0. The molecular formula is C14H28NO9+. The minimum absolute atomic E-state index is 0.126. The van der Waals surface area contributed by atoms with Crippen molar-refractivity contribution in [1.29, 1.82) is 0 Å². The van der Waals surface area contributed by atoms with Crippen molar-refractivity contribution in [3.63, 3.8) is 0 Å². The van der Waals surface area contributed by atoms with Crippen LogP contribution in [0.1, 0.15) is 19.8 Å². The lowest BCUT2D eigenvalue weighted by Crippen LogP contribution is -2.28. The predicted molar refractivity (Wildman–Crippen MR) is 84.0 cm³/mol. The van der Waals surface area contributed by atoms with Crippen LogP contribution in [0.4, 0.5) is 0 Å². The summed E-state index contributed by atoms with van der Waals surface area (Å²) in [6.07, 6.45) is -5.59. The fraction of sp³-hybridized carbons (Fsp3) is 0.714. The largest absolute Gasteiger partial charge is 0.508 e. The van der Waals surface area contributed by atoms with Crippen molar-refractivity contribution in [1.82, 2.24) is 0 Å². The van der Waals surface area contributed by atoms with Crippen LogP contribution in [-0.2, 0) is 4.74 Å². The first-order valence-electron chi connectivity index (χ1n) is 7.33. The van der Waals surface area contributed by atoms with Gasteiger partial charge in [-0.3, -0.25) is 0 Å². The summed E-state index contributed by atoms with van der Waals surface area (Å²) in [5.74, 6) is -2.09. The van der Waals surface area contributed by atoms with Gasteiger partial charge in [0.15, 0.2) is 5.76 Å². The molecule has 0 rings (SSSR count). The topological polar surface area (TPSA) is 190 Å². The van der Waals surface area contributed by atoms with Gasteiger partial charge in [0, 0.05) is 19.4 Å². The first kappa shape index (κ1) is 22.4. The van der Waals surface area contributed by atoms with E-state index in [0.717, 1.165) is 0 Å². The Bertz CT molecular complexity index is 436. The Morgan fingerprint density at radius 2 is 1.54 bits per heavy atom. The molecule has 0 saturated heterocycles. The second-order valence-corrected chi connectivity index (χ2v) is 5.10. The summed E-state index contributed by atoms with van der Waals surface area (Å²) in [6.45, 7) is 0.744. The third-order valence-corrected chi connectivity index (χ3v) is 3.18. The molecule has 0 amide bonds. The van der Waals surface area contributed by atoms with Crippen molar-refractivity contribution >= 4 is 0 Å². The van der Waals surface area contributed by atoms with Gasteiger partial charge in [-0.05, 0) is 6.92 Å². The van der Waals surface area contributed by atoms with E-state index in [4.69, 9.17) is 15.6 Å². The van der Waals surface area contributed by atoms with Gasteiger partial charge in [0.25, 0.3) is 0 Å². The van der Waals surface area contributed by atoms with E-state index in [1.165, 1.54) is 14.0 Å². The van der Waals surface area contributed by atoms with Crippen molar-refractivity contribution in [2.45, 2.75) is 44.4 Å². The second-order valence-electron chi connectivity index (χ2n) is 5.10. The first-order valence-corrected chi connectivity index (χ1v) is 7.33. The highest BCUT2D eigenvalue weighted by atomic mass is 16.7. The second kappa shape index (κ2) is 11.1. The molecule has 0 spiro atoms. The van der Waals surface area contributed by atoms with E-state index in [1.807, 2.05) is 0 Å². The van der Waals surface area contributed by atoms with Gasteiger partial charge in [-0.25, -0.2) is 0 Å². The fourth-order valence-electron chi connectivity index (χ4n) is 1.67. The summed E-state index contributed by atoms with van der Waals surface area (Å²) in [7, 11) is 1.30. The van der Waals surface area contributed by atoms with E-state index in [-0.39, 0.29) is 25.1 Å². The molecule has 0 bridgehead atoms. The van der Waals surface area contributed by atoms with Crippen LogP contribution in [0.25, 0.3) is 0 Å². The highest BCUT2D eigenvalue weighted by molar-refractivity contribution is 5.11. The molecule has 142 valence electrons. The Labute approximate surface area is 139 Å². The number of aliphatic hydroxyl groups excluding tert-OH is 7. The molecule has 4 atom stereocenters. The Morgan fingerprint density at radius 3 is 2.00 bits per heavy atom. The Morgan fingerprint density at radius 1 is 1.00 bits per heavy atom. The first-order chi connectivity index (χ1) is 11.2. The monoisotopic (exact) mass is 354 g/mol. The van der Waals surface area contributed by atoms with Crippen molar-refractivity contribution in [2.24, 2.45) is 5.73 Å². The lowest BCUT2D eigenvalue weighted by atomic mass is 10.1. The zero-order chi connectivity index (χ0) is 18.9. The molecule has 0 radical (unpaired) electrons. The average Bonchev–Trinajstić information content (AvgIpc) is 2.55. The Kier molecular flexibility index (Phi) is 10.4. The molecule has 10 nitrogen and oxygen atoms in total. The Hall–Kier alpha value is -1.56. The maximum atomic E-state index is 9.80. The van der Waals surface area contributed by atoms with Gasteiger partial charge in [-0.1, -0.05) is 0 Å². The van der Waals surface area contributed by atoms with Crippen LogP contribution in [0.15, 0.2) is 23.0 Å². The van der Waals surface area contributed by atoms with Crippen LogP contribution < -0.4 is 5.73 Å². The maximum absolute atomic E-state index is 9.80. The molecule has 0 aromatic rings.